The van der Waals surface area contributed by atoms with Crippen LogP contribution in [0, 0.1) is 5.92 Å². The van der Waals surface area contributed by atoms with Crippen molar-refractivity contribution in [3.05, 3.63) is 35.6 Å². The average Bonchev–Trinajstić information content (AvgIpc) is 2.81. The number of benzene rings is 1. The number of nitrogens with one attached hydrogen (secondary N) is 1. The van der Waals surface area contributed by atoms with Gasteiger partial charge in [-0.2, -0.15) is 0 Å². The van der Waals surface area contributed by atoms with Gasteiger partial charge in [0.2, 0.25) is 0 Å². The van der Waals surface area contributed by atoms with Gasteiger partial charge in [-0.25, -0.2) is 5.84 Å². The summed E-state index contributed by atoms with van der Waals surface area (Å²) in [6.07, 6.45) is 3.97. The molecule has 1 aromatic heterocycles. The third-order valence-electron chi connectivity index (χ3n) is 4.26. The molecule has 0 unspecified atom stereocenters. The number of furan rings is 1. The number of hydrogen-bond donors (Lipinski definition) is 2. The summed E-state index contributed by atoms with van der Waals surface area (Å²) >= 11 is 0. The lowest BCUT2D eigenvalue weighted by atomic mass is 9.85. The first-order valence-corrected chi connectivity index (χ1v) is 7.39. The van der Waals surface area contributed by atoms with E-state index < -0.39 is 0 Å². The largest absolute Gasteiger partial charge is 0.451 e. The second-order valence-corrected chi connectivity index (χ2v) is 5.87. The fourth-order valence-corrected chi connectivity index (χ4v) is 2.96. The highest BCUT2D eigenvalue weighted by Gasteiger charge is 2.23. The zero-order valence-electron chi connectivity index (χ0n) is 12.3. The summed E-state index contributed by atoms with van der Waals surface area (Å²) in [6, 6.07) is 7.71. The smallest absolute Gasteiger partial charge is 0.301 e. The minimum Gasteiger partial charge on any atom is -0.451 e. The van der Waals surface area contributed by atoms with Crippen LogP contribution in [-0.4, -0.2) is 24.4 Å². The van der Waals surface area contributed by atoms with Crippen LogP contribution >= 0.6 is 0 Å². The molecule has 0 atom stereocenters. The second kappa shape index (κ2) is 5.87. The van der Waals surface area contributed by atoms with Crippen LogP contribution in [0.4, 0.5) is 0 Å². The Morgan fingerprint density at radius 1 is 1.43 bits per heavy atom. The maximum absolute atomic E-state index is 11.9. The normalized spacial score (nSPS) is 15.4. The number of amides is 1. The van der Waals surface area contributed by atoms with Crippen molar-refractivity contribution in [2.75, 3.05) is 13.6 Å². The summed E-state index contributed by atoms with van der Waals surface area (Å²) in [4.78, 5) is 14.2. The van der Waals surface area contributed by atoms with E-state index in [0.29, 0.717) is 12.3 Å². The molecule has 21 heavy (non-hydrogen) atoms. The van der Waals surface area contributed by atoms with Gasteiger partial charge in [0.05, 0.1) is 0 Å². The van der Waals surface area contributed by atoms with Crippen LogP contribution in [0.25, 0.3) is 11.0 Å². The van der Waals surface area contributed by atoms with Gasteiger partial charge >= 0.3 is 5.91 Å². The van der Waals surface area contributed by atoms with E-state index in [1.54, 1.807) is 0 Å². The maximum atomic E-state index is 11.9. The number of nitrogens with zero attached hydrogens (tertiary/aromatic N) is 1. The summed E-state index contributed by atoms with van der Waals surface area (Å²) < 4.78 is 5.68. The topological polar surface area (TPSA) is 71.5 Å². The van der Waals surface area contributed by atoms with Crippen LogP contribution in [0.1, 0.15) is 35.4 Å². The van der Waals surface area contributed by atoms with E-state index in [-0.39, 0.29) is 5.91 Å². The van der Waals surface area contributed by atoms with Gasteiger partial charge in [0.1, 0.15) is 5.58 Å². The van der Waals surface area contributed by atoms with Crippen LogP contribution in [0.3, 0.4) is 0 Å². The number of hydrazine groups is 1. The molecular weight excluding hydrogens is 266 g/mol. The number of hydrogen-bond acceptors (Lipinski definition) is 4. The molecule has 0 spiro atoms. The number of nitrogens with two attached hydrogens (primary N) is 1. The quantitative estimate of drug-likeness (QED) is 0.503. The number of para-hydroxylation sites is 1. The fraction of sp³-hybridized carbons (Fsp3) is 0.438. The zero-order chi connectivity index (χ0) is 14.8. The number of nitrogen functional groups attached to an aromatic ring is 1. The fourth-order valence-electron chi connectivity index (χ4n) is 2.96. The molecule has 0 saturated heterocycles. The molecule has 1 heterocycles. The van der Waals surface area contributed by atoms with E-state index in [1.807, 2.05) is 24.3 Å². The highest BCUT2D eigenvalue weighted by molar-refractivity contribution is 5.98. The Morgan fingerprint density at radius 3 is 2.86 bits per heavy atom. The number of rotatable bonds is 5. The van der Waals surface area contributed by atoms with Crippen molar-refractivity contribution < 1.29 is 9.21 Å². The zero-order valence-corrected chi connectivity index (χ0v) is 12.3. The Labute approximate surface area is 124 Å². The summed E-state index contributed by atoms with van der Waals surface area (Å²) in [7, 11) is 2.09. The number of carbonyl (C=O) groups excluding carboxylic acids is 1. The van der Waals surface area contributed by atoms with Crippen molar-refractivity contribution in [2.45, 2.75) is 25.8 Å². The SMILES string of the molecule is CN(Cc1c(C(=O)NN)oc2ccccc12)CC1CCC1. The van der Waals surface area contributed by atoms with Crippen LogP contribution < -0.4 is 11.3 Å². The molecule has 1 saturated carbocycles. The first-order valence-electron chi connectivity index (χ1n) is 7.39. The van der Waals surface area contributed by atoms with E-state index in [4.69, 9.17) is 10.3 Å². The predicted octanol–water partition coefficient (Wildman–Crippen LogP) is 2.27. The second-order valence-electron chi connectivity index (χ2n) is 5.87. The first-order chi connectivity index (χ1) is 10.2. The lowest BCUT2D eigenvalue weighted by molar-refractivity contribution is 0.0925. The summed E-state index contributed by atoms with van der Waals surface area (Å²) in [5, 5.41) is 0.983. The first kappa shape index (κ1) is 14.1. The molecule has 1 aliphatic carbocycles. The molecule has 0 aliphatic heterocycles. The highest BCUT2D eigenvalue weighted by atomic mass is 16.3. The van der Waals surface area contributed by atoms with E-state index in [9.17, 15) is 4.79 Å². The molecular formula is C16H21N3O2. The van der Waals surface area contributed by atoms with Gasteiger partial charge in [0, 0.05) is 24.0 Å². The van der Waals surface area contributed by atoms with Gasteiger partial charge in [0.15, 0.2) is 5.76 Å². The van der Waals surface area contributed by atoms with Crippen molar-refractivity contribution in [1.29, 1.82) is 0 Å². The molecule has 1 aromatic carbocycles. The van der Waals surface area contributed by atoms with E-state index in [1.165, 1.54) is 19.3 Å². The van der Waals surface area contributed by atoms with E-state index in [2.05, 4.69) is 17.4 Å². The van der Waals surface area contributed by atoms with Gasteiger partial charge in [-0.15, -0.1) is 0 Å². The molecule has 5 heteroatoms. The third kappa shape index (κ3) is 2.80. The van der Waals surface area contributed by atoms with Crippen molar-refractivity contribution in [2.24, 2.45) is 11.8 Å². The number of fused-ring (bicyclic) bond motifs is 1. The molecule has 1 aliphatic rings. The predicted molar refractivity (Wildman–Crippen MR) is 81.5 cm³/mol. The van der Waals surface area contributed by atoms with Gasteiger partial charge in [-0.3, -0.25) is 10.2 Å². The monoisotopic (exact) mass is 287 g/mol. The lowest BCUT2D eigenvalue weighted by Gasteiger charge is -2.30. The Morgan fingerprint density at radius 2 is 2.19 bits per heavy atom. The third-order valence-corrected chi connectivity index (χ3v) is 4.26. The Balaban J connectivity index is 1.88. The van der Waals surface area contributed by atoms with Gasteiger partial charge in [0.25, 0.3) is 0 Å². The van der Waals surface area contributed by atoms with Crippen molar-refractivity contribution in [3.8, 4) is 0 Å². The Kier molecular flexibility index (Phi) is 3.94. The summed E-state index contributed by atoms with van der Waals surface area (Å²) in [6.45, 7) is 1.75. The van der Waals surface area contributed by atoms with E-state index in [0.717, 1.165) is 29.0 Å². The molecule has 5 nitrogen and oxygen atoms in total. The van der Waals surface area contributed by atoms with Crippen molar-refractivity contribution in [3.63, 3.8) is 0 Å². The van der Waals surface area contributed by atoms with Crippen LogP contribution in [0.5, 0.6) is 0 Å². The van der Waals surface area contributed by atoms with Gasteiger partial charge < -0.3 is 9.32 Å². The lowest BCUT2D eigenvalue weighted by Crippen LogP contribution is -2.32. The van der Waals surface area contributed by atoms with Crippen molar-refractivity contribution >= 4 is 16.9 Å². The van der Waals surface area contributed by atoms with Gasteiger partial charge in [-0.1, -0.05) is 24.6 Å². The summed E-state index contributed by atoms with van der Waals surface area (Å²) in [5.41, 5.74) is 3.81. The Hall–Kier alpha value is -1.85. The molecule has 1 fully saturated rings. The van der Waals surface area contributed by atoms with Crippen LogP contribution in [0.15, 0.2) is 28.7 Å². The molecule has 112 valence electrons. The average molecular weight is 287 g/mol. The van der Waals surface area contributed by atoms with Crippen LogP contribution in [0.2, 0.25) is 0 Å². The molecule has 0 radical (unpaired) electrons. The number of carbonyl (C=O) groups is 1. The Bertz CT molecular complexity index is 646. The maximum Gasteiger partial charge on any atom is 0.301 e. The molecule has 2 aromatic rings. The molecule has 3 rings (SSSR count). The molecule has 0 bridgehead atoms. The molecule has 1 amide bonds. The minimum absolute atomic E-state index is 0.319. The van der Waals surface area contributed by atoms with Crippen molar-refractivity contribution in [1.82, 2.24) is 10.3 Å². The van der Waals surface area contributed by atoms with Gasteiger partial charge in [-0.05, 0) is 31.9 Å². The minimum atomic E-state index is -0.377. The van der Waals surface area contributed by atoms with E-state index >= 15 is 0 Å². The highest BCUT2D eigenvalue weighted by Crippen LogP contribution is 2.30. The van der Waals surface area contributed by atoms with Crippen LogP contribution in [-0.2, 0) is 6.54 Å². The molecule has 3 N–H and O–H groups in total. The standard InChI is InChI=1S/C16H21N3O2/c1-19(9-11-5-4-6-11)10-13-12-7-2-3-8-14(12)21-15(13)16(20)18-17/h2-3,7-8,11H,4-6,9-10,17H2,1H3,(H,18,20). The summed E-state index contributed by atoms with van der Waals surface area (Å²) in [5.74, 6) is 6.00.